The number of carboxylic acid groups (broad SMARTS) is 1. The van der Waals surface area contributed by atoms with Crippen molar-refractivity contribution in [1.82, 2.24) is 10.2 Å². The molecule has 0 bridgehead atoms. The molecule has 3 amide bonds. The first-order chi connectivity index (χ1) is 9.90. The van der Waals surface area contributed by atoms with Crippen molar-refractivity contribution >= 4 is 39.5 Å². The minimum atomic E-state index is -1.09. The molecular weight excluding hydrogens is 342 g/mol. The van der Waals surface area contributed by atoms with Gasteiger partial charge in [0.1, 0.15) is 6.04 Å². The lowest BCUT2D eigenvalue weighted by molar-refractivity contribution is -0.126. The Morgan fingerprint density at radius 1 is 1.48 bits per heavy atom. The molecule has 112 valence electrons. The summed E-state index contributed by atoms with van der Waals surface area (Å²) in [5.74, 6) is -1.30. The van der Waals surface area contributed by atoms with Gasteiger partial charge < -0.3 is 20.6 Å². The molecule has 0 aliphatic carbocycles. The van der Waals surface area contributed by atoms with Crippen LogP contribution in [-0.4, -0.2) is 47.0 Å². The predicted octanol–water partition coefficient (Wildman–Crippen LogP) is 1.50. The summed E-state index contributed by atoms with van der Waals surface area (Å²) in [5.41, 5.74) is 0.413. The molecule has 1 fully saturated rings. The van der Waals surface area contributed by atoms with Gasteiger partial charge in [-0.25, -0.2) is 9.59 Å². The summed E-state index contributed by atoms with van der Waals surface area (Å²) in [6, 6.07) is 3.50. The number of halogens is 1. The Morgan fingerprint density at radius 2 is 2.19 bits per heavy atom. The van der Waals surface area contributed by atoms with Gasteiger partial charge in [0.2, 0.25) is 5.91 Å². The summed E-state index contributed by atoms with van der Waals surface area (Å²) in [6.45, 7) is 2.44. The second-order valence-electron chi connectivity index (χ2n) is 4.59. The van der Waals surface area contributed by atoms with Crippen molar-refractivity contribution in [3.63, 3.8) is 0 Å². The lowest BCUT2D eigenvalue weighted by atomic mass is 10.2. The van der Waals surface area contributed by atoms with Gasteiger partial charge in [-0.3, -0.25) is 4.79 Å². The van der Waals surface area contributed by atoms with Crippen LogP contribution in [0.1, 0.15) is 17.3 Å². The molecular formula is C13H14BrN3O4. The van der Waals surface area contributed by atoms with Gasteiger partial charge >= 0.3 is 12.0 Å². The van der Waals surface area contributed by atoms with Crippen molar-refractivity contribution in [3.8, 4) is 0 Å². The number of aromatic carboxylic acids is 1. The normalized spacial score (nSPS) is 18.1. The highest BCUT2D eigenvalue weighted by atomic mass is 79.9. The molecule has 1 aromatic rings. The molecule has 8 heteroatoms. The van der Waals surface area contributed by atoms with Crippen LogP contribution in [0.2, 0.25) is 0 Å². The van der Waals surface area contributed by atoms with Crippen molar-refractivity contribution in [2.24, 2.45) is 0 Å². The third kappa shape index (κ3) is 3.33. The Bertz CT molecular complexity index is 605. The molecule has 1 aliphatic heterocycles. The van der Waals surface area contributed by atoms with E-state index in [0.717, 1.165) is 0 Å². The molecule has 0 saturated carbocycles. The standard InChI is InChI=1S/C13H14BrN3O4/c1-7-11(18)15-4-5-17(7)13(21)16-8-2-3-10(14)9(6-8)12(19)20/h2-3,6-7H,4-5H2,1H3,(H,15,18)(H,16,21)(H,19,20). The average Bonchev–Trinajstić information content (AvgIpc) is 2.43. The molecule has 1 unspecified atom stereocenters. The van der Waals surface area contributed by atoms with Gasteiger partial charge in [0.05, 0.1) is 5.56 Å². The molecule has 1 aliphatic rings. The number of rotatable bonds is 2. The Hall–Kier alpha value is -2.09. The van der Waals surface area contributed by atoms with Crippen molar-refractivity contribution < 1.29 is 19.5 Å². The Morgan fingerprint density at radius 3 is 2.86 bits per heavy atom. The fourth-order valence-electron chi connectivity index (χ4n) is 2.02. The van der Waals surface area contributed by atoms with E-state index in [2.05, 4.69) is 26.6 Å². The van der Waals surface area contributed by atoms with Gasteiger partial charge in [-0.05, 0) is 41.1 Å². The molecule has 0 radical (unpaired) electrons. The fraction of sp³-hybridized carbons (Fsp3) is 0.308. The number of carbonyl (C=O) groups is 3. The maximum absolute atomic E-state index is 12.2. The van der Waals surface area contributed by atoms with Crippen LogP contribution in [0.5, 0.6) is 0 Å². The van der Waals surface area contributed by atoms with E-state index in [1.54, 1.807) is 19.1 Å². The second-order valence-corrected chi connectivity index (χ2v) is 5.44. The van der Waals surface area contributed by atoms with Gasteiger partial charge in [-0.2, -0.15) is 0 Å². The van der Waals surface area contributed by atoms with Crippen LogP contribution in [-0.2, 0) is 4.79 Å². The highest BCUT2D eigenvalue weighted by Gasteiger charge is 2.29. The monoisotopic (exact) mass is 355 g/mol. The number of nitrogens with one attached hydrogen (secondary N) is 2. The van der Waals surface area contributed by atoms with Crippen molar-refractivity contribution in [3.05, 3.63) is 28.2 Å². The Kier molecular flexibility index (Phi) is 4.46. The summed E-state index contributed by atoms with van der Waals surface area (Å²) in [4.78, 5) is 36.2. The fourth-order valence-corrected chi connectivity index (χ4v) is 2.44. The number of benzene rings is 1. The molecule has 0 spiro atoms. The zero-order valence-electron chi connectivity index (χ0n) is 11.2. The highest BCUT2D eigenvalue weighted by Crippen LogP contribution is 2.21. The van der Waals surface area contributed by atoms with Crippen molar-refractivity contribution in [2.75, 3.05) is 18.4 Å². The van der Waals surface area contributed by atoms with Crippen LogP contribution in [0.25, 0.3) is 0 Å². The molecule has 3 N–H and O–H groups in total. The predicted molar refractivity (Wildman–Crippen MR) is 79.3 cm³/mol. The first kappa shape index (κ1) is 15.3. The van der Waals surface area contributed by atoms with Gasteiger partial charge in [-0.1, -0.05) is 0 Å². The van der Waals surface area contributed by atoms with Crippen LogP contribution in [0.3, 0.4) is 0 Å². The summed E-state index contributed by atoms with van der Waals surface area (Å²) in [7, 11) is 0. The van der Waals surface area contributed by atoms with E-state index in [-0.39, 0.29) is 11.5 Å². The van der Waals surface area contributed by atoms with Crippen LogP contribution in [0, 0.1) is 0 Å². The van der Waals surface area contributed by atoms with E-state index >= 15 is 0 Å². The van der Waals surface area contributed by atoms with E-state index < -0.39 is 18.0 Å². The topological polar surface area (TPSA) is 98.7 Å². The number of urea groups is 1. The van der Waals surface area contributed by atoms with E-state index in [1.165, 1.54) is 11.0 Å². The zero-order valence-corrected chi connectivity index (χ0v) is 12.8. The largest absolute Gasteiger partial charge is 0.478 e. The van der Waals surface area contributed by atoms with E-state index in [1.807, 2.05) is 0 Å². The number of hydrogen-bond donors (Lipinski definition) is 3. The summed E-state index contributed by atoms with van der Waals surface area (Å²) >= 11 is 3.13. The van der Waals surface area contributed by atoms with E-state index in [9.17, 15) is 14.4 Å². The van der Waals surface area contributed by atoms with Crippen LogP contribution < -0.4 is 10.6 Å². The molecule has 1 atom stereocenters. The third-order valence-corrected chi connectivity index (χ3v) is 3.90. The van der Waals surface area contributed by atoms with E-state index in [0.29, 0.717) is 23.2 Å². The summed E-state index contributed by atoms with van der Waals surface area (Å²) in [6.07, 6.45) is 0. The molecule has 1 aromatic carbocycles. The number of amides is 3. The van der Waals surface area contributed by atoms with E-state index in [4.69, 9.17) is 5.11 Å². The minimum absolute atomic E-state index is 0.0530. The van der Waals surface area contributed by atoms with Crippen LogP contribution >= 0.6 is 15.9 Å². The van der Waals surface area contributed by atoms with Gasteiger partial charge in [0.15, 0.2) is 0 Å². The number of nitrogens with zero attached hydrogens (tertiary/aromatic N) is 1. The van der Waals surface area contributed by atoms with Gasteiger partial charge in [0.25, 0.3) is 0 Å². The third-order valence-electron chi connectivity index (χ3n) is 3.21. The van der Waals surface area contributed by atoms with Crippen LogP contribution in [0.15, 0.2) is 22.7 Å². The average molecular weight is 356 g/mol. The number of piperazine rings is 1. The zero-order chi connectivity index (χ0) is 15.6. The molecule has 21 heavy (non-hydrogen) atoms. The second kappa shape index (κ2) is 6.13. The SMILES string of the molecule is CC1C(=O)NCCN1C(=O)Nc1ccc(Br)c(C(=O)O)c1. The first-order valence-corrected chi connectivity index (χ1v) is 7.07. The number of hydrogen-bond acceptors (Lipinski definition) is 3. The first-order valence-electron chi connectivity index (χ1n) is 6.28. The lowest BCUT2D eigenvalue weighted by Crippen LogP contribution is -2.56. The van der Waals surface area contributed by atoms with Crippen LogP contribution in [0.4, 0.5) is 10.5 Å². The number of carboxylic acids is 1. The lowest BCUT2D eigenvalue weighted by Gasteiger charge is -2.32. The van der Waals surface area contributed by atoms with Gasteiger partial charge in [-0.15, -0.1) is 0 Å². The summed E-state index contributed by atoms with van der Waals surface area (Å²) in [5, 5.41) is 14.3. The molecule has 1 heterocycles. The molecule has 0 aromatic heterocycles. The summed E-state index contributed by atoms with van der Waals surface area (Å²) < 4.78 is 0.429. The van der Waals surface area contributed by atoms with Gasteiger partial charge in [0, 0.05) is 23.2 Å². The maximum Gasteiger partial charge on any atom is 0.336 e. The quantitative estimate of drug-likeness (QED) is 0.748. The minimum Gasteiger partial charge on any atom is -0.478 e. The van der Waals surface area contributed by atoms with Crippen molar-refractivity contribution in [2.45, 2.75) is 13.0 Å². The Labute approximate surface area is 129 Å². The highest BCUT2D eigenvalue weighted by molar-refractivity contribution is 9.10. The smallest absolute Gasteiger partial charge is 0.336 e. The molecule has 1 saturated heterocycles. The number of anilines is 1. The van der Waals surface area contributed by atoms with Crippen molar-refractivity contribution in [1.29, 1.82) is 0 Å². The number of carbonyl (C=O) groups excluding carboxylic acids is 2. The molecule has 2 rings (SSSR count). The molecule has 7 nitrogen and oxygen atoms in total. The Balaban J connectivity index is 2.14. The maximum atomic E-state index is 12.2.